The quantitative estimate of drug-likeness (QED) is 0.680. The molecule has 0 aliphatic rings. The van der Waals surface area contributed by atoms with Crippen molar-refractivity contribution in [3.8, 4) is 0 Å². The van der Waals surface area contributed by atoms with E-state index in [-0.39, 0.29) is 5.91 Å². The zero-order valence-corrected chi connectivity index (χ0v) is 13.8. The van der Waals surface area contributed by atoms with E-state index in [1.165, 1.54) is 5.56 Å². The molecule has 0 unspecified atom stereocenters. The lowest BCUT2D eigenvalue weighted by atomic mass is 10.2. The van der Waals surface area contributed by atoms with Gasteiger partial charge in [0.2, 0.25) is 5.91 Å². The Labute approximate surface area is 139 Å². The van der Waals surface area contributed by atoms with Crippen LogP contribution in [0.3, 0.4) is 0 Å². The highest BCUT2D eigenvalue weighted by Crippen LogP contribution is 2.20. The lowest BCUT2D eigenvalue weighted by molar-refractivity contribution is -0.120. The highest BCUT2D eigenvalue weighted by Gasteiger charge is 2.06. The number of aryl methyl sites for hydroxylation is 1. The molecule has 118 valence electrons. The molecule has 4 nitrogen and oxygen atoms in total. The molecule has 3 rings (SSSR count). The summed E-state index contributed by atoms with van der Waals surface area (Å²) >= 11 is 1.57. The smallest absolute Gasteiger partial charge is 0.221 e. The lowest BCUT2D eigenvalue weighted by Gasteiger charge is -2.04. The predicted molar refractivity (Wildman–Crippen MR) is 94.5 cm³/mol. The average molecular weight is 325 g/mol. The molecule has 2 aromatic carbocycles. The van der Waals surface area contributed by atoms with Gasteiger partial charge in [-0.2, -0.15) is 0 Å². The molecule has 0 bridgehead atoms. The van der Waals surface area contributed by atoms with Gasteiger partial charge in [0.05, 0.1) is 11.0 Å². The fraction of sp³-hybridized carbons (Fsp3) is 0.222. The number of aromatic amines is 1. The molecule has 5 heteroatoms. The van der Waals surface area contributed by atoms with Crippen molar-refractivity contribution < 1.29 is 4.79 Å². The standard InChI is InChI=1S/C18H19N3OS/c1-13-7-8-15-16(11-13)21-18(20-15)23-10-9-17(22)19-12-14-5-3-2-4-6-14/h2-8,11H,9-10,12H2,1H3,(H,19,22)(H,20,21). The minimum Gasteiger partial charge on any atom is -0.352 e. The molecule has 1 heterocycles. The van der Waals surface area contributed by atoms with Crippen LogP contribution in [0.4, 0.5) is 0 Å². The van der Waals surface area contributed by atoms with Crippen LogP contribution >= 0.6 is 11.8 Å². The van der Waals surface area contributed by atoms with E-state index in [1.807, 2.05) is 36.4 Å². The van der Waals surface area contributed by atoms with Crippen LogP contribution in [0, 0.1) is 6.92 Å². The average Bonchev–Trinajstić information content (AvgIpc) is 2.95. The van der Waals surface area contributed by atoms with Gasteiger partial charge in [-0.15, -0.1) is 0 Å². The van der Waals surface area contributed by atoms with Gasteiger partial charge in [0.15, 0.2) is 5.16 Å². The van der Waals surface area contributed by atoms with Gasteiger partial charge < -0.3 is 10.3 Å². The van der Waals surface area contributed by atoms with Gasteiger partial charge >= 0.3 is 0 Å². The number of benzene rings is 2. The van der Waals surface area contributed by atoms with E-state index in [0.29, 0.717) is 18.7 Å². The summed E-state index contributed by atoms with van der Waals surface area (Å²) in [6.07, 6.45) is 0.480. The third kappa shape index (κ3) is 4.36. The summed E-state index contributed by atoms with van der Waals surface area (Å²) in [6.45, 7) is 2.64. The first-order chi connectivity index (χ1) is 11.2. The molecule has 0 aliphatic carbocycles. The monoisotopic (exact) mass is 325 g/mol. The van der Waals surface area contributed by atoms with E-state index in [2.05, 4.69) is 34.3 Å². The molecule has 0 radical (unpaired) electrons. The largest absolute Gasteiger partial charge is 0.352 e. The fourth-order valence-electron chi connectivity index (χ4n) is 2.29. The van der Waals surface area contributed by atoms with Crippen LogP contribution in [0.2, 0.25) is 0 Å². The summed E-state index contributed by atoms with van der Waals surface area (Å²) in [5.41, 5.74) is 4.33. The summed E-state index contributed by atoms with van der Waals surface area (Å²) in [5.74, 6) is 0.771. The fourth-order valence-corrected chi connectivity index (χ4v) is 3.12. The van der Waals surface area contributed by atoms with E-state index in [9.17, 15) is 4.79 Å². The topological polar surface area (TPSA) is 57.8 Å². The van der Waals surface area contributed by atoms with Crippen LogP contribution in [0.15, 0.2) is 53.7 Å². The van der Waals surface area contributed by atoms with E-state index in [1.54, 1.807) is 11.8 Å². The Bertz CT molecular complexity index is 798. The van der Waals surface area contributed by atoms with E-state index >= 15 is 0 Å². The summed E-state index contributed by atoms with van der Waals surface area (Å²) < 4.78 is 0. The summed E-state index contributed by atoms with van der Waals surface area (Å²) in [5, 5.41) is 3.80. The minimum absolute atomic E-state index is 0.0632. The number of H-pyrrole nitrogens is 1. The molecule has 23 heavy (non-hydrogen) atoms. The molecule has 3 aromatic rings. The highest BCUT2D eigenvalue weighted by atomic mass is 32.2. The molecule has 1 aromatic heterocycles. The van der Waals surface area contributed by atoms with Crippen molar-refractivity contribution in [3.63, 3.8) is 0 Å². The van der Waals surface area contributed by atoms with Crippen molar-refractivity contribution in [3.05, 3.63) is 59.7 Å². The molecule has 0 saturated heterocycles. The van der Waals surface area contributed by atoms with Crippen molar-refractivity contribution in [2.24, 2.45) is 0 Å². The maximum absolute atomic E-state index is 11.9. The predicted octanol–water partition coefficient (Wildman–Crippen LogP) is 3.67. The first-order valence-electron chi connectivity index (χ1n) is 7.60. The molecule has 1 amide bonds. The van der Waals surface area contributed by atoms with Gasteiger partial charge in [0.25, 0.3) is 0 Å². The third-order valence-corrected chi connectivity index (χ3v) is 4.39. The molecule has 0 spiro atoms. The number of nitrogens with one attached hydrogen (secondary N) is 2. The molecule has 2 N–H and O–H groups in total. The number of amides is 1. The van der Waals surface area contributed by atoms with E-state index in [4.69, 9.17) is 0 Å². The van der Waals surface area contributed by atoms with Gasteiger partial charge in [0.1, 0.15) is 0 Å². The second-order valence-corrected chi connectivity index (χ2v) is 6.51. The van der Waals surface area contributed by atoms with Gasteiger partial charge in [0, 0.05) is 18.7 Å². The normalized spacial score (nSPS) is 10.8. The maximum Gasteiger partial charge on any atom is 0.221 e. The van der Waals surface area contributed by atoms with Crippen molar-refractivity contribution in [1.29, 1.82) is 0 Å². The number of thioether (sulfide) groups is 1. The van der Waals surface area contributed by atoms with Crippen molar-refractivity contribution in [2.45, 2.75) is 25.0 Å². The molecular formula is C18H19N3OS. The molecule has 0 aliphatic heterocycles. The Morgan fingerprint density at radius 3 is 2.87 bits per heavy atom. The first-order valence-corrected chi connectivity index (χ1v) is 8.59. The van der Waals surface area contributed by atoms with Crippen LogP contribution in [-0.4, -0.2) is 21.6 Å². The van der Waals surface area contributed by atoms with Gasteiger partial charge in [-0.3, -0.25) is 4.79 Å². The molecule has 0 atom stereocenters. The number of nitrogens with zero attached hydrogens (tertiary/aromatic N) is 1. The molecule has 0 fully saturated rings. The van der Waals surface area contributed by atoms with Gasteiger partial charge in [-0.25, -0.2) is 4.98 Å². The van der Waals surface area contributed by atoms with Crippen LogP contribution in [0.25, 0.3) is 11.0 Å². The Balaban J connectivity index is 1.45. The van der Waals surface area contributed by atoms with E-state index in [0.717, 1.165) is 21.8 Å². The Morgan fingerprint density at radius 1 is 1.22 bits per heavy atom. The number of carbonyl (C=O) groups is 1. The molecular weight excluding hydrogens is 306 g/mol. The van der Waals surface area contributed by atoms with Gasteiger partial charge in [-0.05, 0) is 30.2 Å². The Hall–Kier alpha value is -2.27. The lowest BCUT2D eigenvalue weighted by Crippen LogP contribution is -2.22. The van der Waals surface area contributed by atoms with E-state index < -0.39 is 0 Å². The number of carbonyl (C=O) groups excluding carboxylic acids is 1. The third-order valence-electron chi connectivity index (χ3n) is 3.52. The SMILES string of the molecule is Cc1ccc2nc(SCCC(=O)NCc3ccccc3)[nH]c2c1. The zero-order valence-electron chi connectivity index (χ0n) is 13.0. The second kappa shape index (κ2) is 7.33. The summed E-state index contributed by atoms with van der Waals surface area (Å²) in [7, 11) is 0. The molecule has 0 saturated carbocycles. The zero-order chi connectivity index (χ0) is 16.1. The van der Waals surface area contributed by atoms with Crippen LogP contribution in [0.5, 0.6) is 0 Å². The van der Waals surface area contributed by atoms with Crippen molar-refractivity contribution in [2.75, 3.05) is 5.75 Å². The first kappa shape index (κ1) is 15.6. The summed E-state index contributed by atoms with van der Waals surface area (Å²) in [6, 6.07) is 16.1. The van der Waals surface area contributed by atoms with Gasteiger partial charge in [-0.1, -0.05) is 48.2 Å². The second-order valence-electron chi connectivity index (χ2n) is 5.42. The number of aromatic nitrogens is 2. The number of hydrogen-bond acceptors (Lipinski definition) is 3. The number of hydrogen-bond donors (Lipinski definition) is 2. The van der Waals surface area contributed by atoms with Crippen LogP contribution < -0.4 is 5.32 Å². The minimum atomic E-state index is 0.0632. The maximum atomic E-state index is 11.9. The van der Waals surface area contributed by atoms with Crippen molar-refractivity contribution in [1.82, 2.24) is 15.3 Å². The number of fused-ring (bicyclic) bond motifs is 1. The number of rotatable bonds is 6. The highest BCUT2D eigenvalue weighted by molar-refractivity contribution is 7.99. The Morgan fingerprint density at radius 2 is 2.04 bits per heavy atom. The van der Waals surface area contributed by atoms with Crippen LogP contribution in [0.1, 0.15) is 17.5 Å². The Kier molecular flexibility index (Phi) is 4.98. The summed E-state index contributed by atoms with van der Waals surface area (Å²) in [4.78, 5) is 19.7. The van der Waals surface area contributed by atoms with Crippen molar-refractivity contribution >= 4 is 28.7 Å². The van der Waals surface area contributed by atoms with Crippen LogP contribution in [-0.2, 0) is 11.3 Å². The number of imidazole rings is 1.